The van der Waals surface area contributed by atoms with Gasteiger partial charge in [0.1, 0.15) is 0 Å². The molecule has 0 N–H and O–H groups in total. The van der Waals surface area contributed by atoms with Crippen molar-refractivity contribution in [2.24, 2.45) is 0 Å². The van der Waals surface area contributed by atoms with Gasteiger partial charge in [-0.2, -0.15) is 0 Å². The molecule has 200 valence electrons. The van der Waals surface area contributed by atoms with Gasteiger partial charge in [0.2, 0.25) is 5.95 Å². The average Bonchev–Trinajstić information content (AvgIpc) is 3.48. The summed E-state index contributed by atoms with van der Waals surface area (Å²) < 4.78 is 2.23. The average molecular weight is 576 g/mol. The van der Waals surface area contributed by atoms with Crippen molar-refractivity contribution in [3.8, 4) is 28.2 Å². The van der Waals surface area contributed by atoms with E-state index >= 15 is 0 Å². The van der Waals surface area contributed by atoms with Gasteiger partial charge in [0.25, 0.3) is 0 Å². The molecule has 2 aliphatic rings. The van der Waals surface area contributed by atoms with Crippen LogP contribution in [0.4, 0.5) is 0 Å². The first-order chi connectivity index (χ1) is 20.6. The van der Waals surface area contributed by atoms with E-state index in [-0.39, 0.29) is 5.41 Å². The van der Waals surface area contributed by atoms with E-state index in [0.717, 1.165) is 22.2 Å². The van der Waals surface area contributed by atoms with E-state index in [9.17, 15) is 0 Å². The molecular formula is C37H25N3S2. The quantitative estimate of drug-likeness (QED) is 0.205. The van der Waals surface area contributed by atoms with Gasteiger partial charge in [-0.05, 0) is 64.2 Å². The smallest absolute Gasteiger partial charge is 0.234 e. The fourth-order valence-corrected chi connectivity index (χ4v) is 9.31. The molecule has 0 fully saturated rings. The van der Waals surface area contributed by atoms with Crippen LogP contribution >= 0.6 is 23.5 Å². The van der Waals surface area contributed by atoms with Crippen LogP contribution in [0.1, 0.15) is 25.0 Å². The van der Waals surface area contributed by atoms with E-state index in [1.54, 1.807) is 0 Å². The highest BCUT2D eigenvalue weighted by atomic mass is 32.2. The fraction of sp³-hybridized carbons (Fsp3) is 0.0811. The molecule has 1 aliphatic carbocycles. The second-order valence-electron chi connectivity index (χ2n) is 11.5. The fourth-order valence-electron chi connectivity index (χ4n) is 6.76. The summed E-state index contributed by atoms with van der Waals surface area (Å²) in [6.07, 6.45) is 3.87. The lowest BCUT2D eigenvalue weighted by molar-refractivity contribution is 0.643. The van der Waals surface area contributed by atoms with Crippen LogP contribution in [-0.2, 0) is 5.41 Å². The predicted molar refractivity (Wildman–Crippen MR) is 174 cm³/mol. The summed E-state index contributed by atoms with van der Waals surface area (Å²) >= 11 is 3.82. The van der Waals surface area contributed by atoms with E-state index in [2.05, 4.69) is 103 Å². The molecule has 42 heavy (non-hydrogen) atoms. The molecule has 7 aromatic rings. The summed E-state index contributed by atoms with van der Waals surface area (Å²) in [6, 6.07) is 37.2. The molecule has 0 radical (unpaired) electrons. The van der Waals surface area contributed by atoms with Crippen molar-refractivity contribution in [3.05, 3.63) is 127 Å². The highest BCUT2D eigenvalue weighted by Crippen LogP contribution is 2.59. The van der Waals surface area contributed by atoms with E-state index < -0.39 is 0 Å². The summed E-state index contributed by atoms with van der Waals surface area (Å²) in [5.74, 6) is 0.690. The Balaban J connectivity index is 1.25. The van der Waals surface area contributed by atoms with E-state index in [1.165, 1.54) is 52.6 Å². The van der Waals surface area contributed by atoms with Crippen molar-refractivity contribution in [1.82, 2.24) is 14.5 Å². The number of rotatable bonds is 2. The van der Waals surface area contributed by atoms with Gasteiger partial charge >= 0.3 is 0 Å². The largest absolute Gasteiger partial charge is 0.278 e. The van der Waals surface area contributed by atoms with Crippen LogP contribution in [0, 0.1) is 0 Å². The van der Waals surface area contributed by atoms with Crippen molar-refractivity contribution in [1.29, 1.82) is 0 Å². The van der Waals surface area contributed by atoms with Crippen LogP contribution in [0.2, 0.25) is 0 Å². The first-order valence-electron chi connectivity index (χ1n) is 14.2. The summed E-state index contributed by atoms with van der Waals surface area (Å²) in [5, 5.41) is 2.45. The zero-order valence-electron chi connectivity index (χ0n) is 23.1. The molecule has 2 aromatic heterocycles. The van der Waals surface area contributed by atoms with Crippen molar-refractivity contribution < 1.29 is 0 Å². The van der Waals surface area contributed by atoms with Gasteiger partial charge in [0.15, 0.2) is 0 Å². The topological polar surface area (TPSA) is 30.7 Å². The first-order valence-corrected chi connectivity index (χ1v) is 15.8. The van der Waals surface area contributed by atoms with Gasteiger partial charge < -0.3 is 0 Å². The minimum Gasteiger partial charge on any atom is -0.278 e. The minimum absolute atomic E-state index is 0.149. The Bertz CT molecular complexity index is 2210. The molecular weight excluding hydrogens is 551 g/mol. The third kappa shape index (κ3) is 3.38. The van der Waals surface area contributed by atoms with Gasteiger partial charge in [-0.1, -0.05) is 104 Å². The Morgan fingerprint density at radius 2 is 1.31 bits per heavy atom. The van der Waals surface area contributed by atoms with Crippen molar-refractivity contribution >= 4 is 45.3 Å². The Kier molecular flexibility index (Phi) is 5.11. The summed E-state index contributed by atoms with van der Waals surface area (Å²) in [5.41, 5.74) is 9.72. The van der Waals surface area contributed by atoms with Crippen molar-refractivity contribution in [3.63, 3.8) is 0 Å². The van der Waals surface area contributed by atoms with Gasteiger partial charge in [0, 0.05) is 53.7 Å². The molecule has 9 rings (SSSR count). The highest BCUT2D eigenvalue weighted by Gasteiger charge is 2.40. The zero-order chi connectivity index (χ0) is 28.0. The second kappa shape index (κ2) is 8.84. The number of aromatic nitrogens is 3. The maximum absolute atomic E-state index is 4.89. The molecule has 0 saturated heterocycles. The van der Waals surface area contributed by atoms with Crippen LogP contribution < -0.4 is 0 Å². The first kappa shape index (κ1) is 24.3. The summed E-state index contributed by atoms with van der Waals surface area (Å²) in [4.78, 5) is 15.2. The zero-order valence-corrected chi connectivity index (χ0v) is 24.8. The van der Waals surface area contributed by atoms with E-state index in [4.69, 9.17) is 9.97 Å². The summed E-state index contributed by atoms with van der Waals surface area (Å²) in [7, 11) is 0. The number of hydrogen-bond acceptors (Lipinski definition) is 4. The third-order valence-electron chi connectivity index (χ3n) is 8.75. The standard InChI is InChI=1S/C37H25N3S2/c1-37(2)28-19-30-27(18-26(28)25-16-17-33-35(34(25)37)42-32-15-9-8-14-31(32)41-33)24-12-6-7-13-29(24)40(30)36-38-20-23(21-39-36)22-10-4-3-5-11-22/h3-21H,1-2H3. The number of benzene rings is 5. The molecule has 0 amide bonds. The Labute approximate surface area is 252 Å². The SMILES string of the molecule is CC1(C)c2cc3c(cc2-c2ccc4c(c21)Sc1ccccc1S4)c1ccccc1n3-c1ncc(-c2ccccc2)cn1. The minimum atomic E-state index is -0.149. The Morgan fingerprint density at radius 1 is 0.595 bits per heavy atom. The molecule has 3 nitrogen and oxygen atoms in total. The van der Waals surface area contributed by atoms with E-state index in [0.29, 0.717) is 5.95 Å². The Hall–Kier alpha value is -4.32. The van der Waals surface area contributed by atoms with Gasteiger partial charge in [-0.15, -0.1) is 0 Å². The molecule has 3 heterocycles. The monoisotopic (exact) mass is 575 g/mol. The molecule has 0 spiro atoms. The third-order valence-corrected chi connectivity index (χ3v) is 11.3. The molecule has 5 aromatic carbocycles. The number of para-hydroxylation sites is 1. The number of nitrogens with zero attached hydrogens (tertiary/aromatic N) is 3. The predicted octanol–water partition coefficient (Wildman–Crippen LogP) is 10.2. The van der Waals surface area contributed by atoms with E-state index in [1.807, 2.05) is 54.1 Å². The number of hydrogen-bond donors (Lipinski definition) is 0. The van der Waals surface area contributed by atoms with Gasteiger partial charge in [0.05, 0.1) is 11.0 Å². The van der Waals surface area contributed by atoms with Crippen LogP contribution in [0.15, 0.2) is 135 Å². The highest BCUT2D eigenvalue weighted by molar-refractivity contribution is 8.05. The normalized spacial score (nSPS) is 14.4. The second-order valence-corrected chi connectivity index (χ2v) is 13.6. The molecule has 0 atom stereocenters. The molecule has 0 unspecified atom stereocenters. The molecule has 1 aliphatic heterocycles. The molecule has 0 saturated carbocycles. The molecule has 0 bridgehead atoms. The van der Waals surface area contributed by atoms with Gasteiger partial charge in [-0.3, -0.25) is 4.57 Å². The van der Waals surface area contributed by atoms with Crippen LogP contribution in [0.25, 0.3) is 50.0 Å². The lowest BCUT2D eigenvalue weighted by Crippen LogP contribution is -2.17. The lowest BCUT2D eigenvalue weighted by atomic mass is 9.82. The maximum atomic E-state index is 4.89. The van der Waals surface area contributed by atoms with Crippen molar-refractivity contribution in [2.75, 3.05) is 0 Å². The maximum Gasteiger partial charge on any atom is 0.234 e. The van der Waals surface area contributed by atoms with Crippen LogP contribution in [0.5, 0.6) is 0 Å². The van der Waals surface area contributed by atoms with Crippen molar-refractivity contribution in [2.45, 2.75) is 38.8 Å². The van der Waals surface area contributed by atoms with Gasteiger partial charge in [-0.25, -0.2) is 9.97 Å². The summed E-state index contributed by atoms with van der Waals surface area (Å²) in [6.45, 7) is 4.77. The number of fused-ring (bicyclic) bond motifs is 9. The van der Waals surface area contributed by atoms with Crippen LogP contribution in [0.3, 0.4) is 0 Å². The Morgan fingerprint density at radius 3 is 2.12 bits per heavy atom. The van der Waals surface area contributed by atoms with Crippen LogP contribution in [-0.4, -0.2) is 14.5 Å². The molecule has 5 heteroatoms. The lowest BCUT2D eigenvalue weighted by Gasteiger charge is -2.28.